The van der Waals surface area contributed by atoms with Crippen molar-refractivity contribution in [2.45, 2.75) is 27.2 Å². The fraction of sp³-hybridized carbons (Fsp3) is 0.524. The van der Waals surface area contributed by atoms with Gasteiger partial charge in [0.2, 0.25) is 11.8 Å². The Kier molecular flexibility index (Phi) is 5.19. The minimum atomic E-state index is -0.101. The first kappa shape index (κ1) is 18.6. The molecule has 1 fully saturated rings. The maximum Gasteiger partial charge on any atom is 0.237 e. The normalized spacial score (nSPS) is 15.1. The molecular weight excluding hydrogens is 326 g/mol. The van der Waals surface area contributed by atoms with Crippen LogP contribution in [0.2, 0.25) is 0 Å². The minimum absolute atomic E-state index is 0.0147. The van der Waals surface area contributed by atoms with Crippen molar-refractivity contribution in [3.05, 3.63) is 35.5 Å². The molecule has 0 aliphatic carbocycles. The summed E-state index contributed by atoms with van der Waals surface area (Å²) in [7, 11) is 4.12. The topological polar surface area (TPSA) is 45.6 Å². The van der Waals surface area contributed by atoms with Gasteiger partial charge >= 0.3 is 0 Å². The number of nitrogens with zero attached hydrogens (tertiary/aromatic N) is 3. The molecule has 2 aromatic rings. The highest BCUT2D eigenvalue weighted by molar-refractivity contribution is 5.97. The average molecular weight is 355 g/mol. The van der Waals surface area contributed by atoms with Crippen molar-refractivity contribution in [3.63, 3.8) is 0 Å². The molecule has 1 aliphatic heterocycles. The number of rotatable bonds is 5. The van der Waals surface area contributed by atoms with Crippen LogP contribution in [-0.4, -0.2) is 59.9 Å². The van der Waals surface area contributed by atoms with E-state index in [4.69, 9.17) is 0 Å². The Labute approximate surface area is 155 Å². The van der Waals surface area contributed by atoms with Gasteiger partial charge in [0.15, 0.2) is 0 Å². The number of likely N-dealkylation sites (N-methyl/N-ethyl adjacent to an activating group) is 1. The number of fused-ring (bicyclic) bond motifs is 1. The molecule has 0 saturated carbocycles. The molecule has 26 heavy (non-hydrogen) atoms. The Morgan fingerprint density at radius 2 is 1.92 bits per heavy atom. The number of carbonyl (C=O) groups excluding carboxylic acids is 2. The molecule has 0 radical (unpaired) electrons. The Bertz CT molecular complexity index is 829. The summed E-state index contributed by atoms with van der Waals surface area (Å²) in [5.74, 6) is 0.117. The van der Waals surface area contributed by atoms with Gasteiger partial charge in [-0.05, 0) is 45.1 Å². The molecule has 1 aromatic carbocycles. The van der Waals surface area contributed by atoms with Crippen LogP contribution in [0.5, 0.6) is 0 Å². The van der Waals surface area contributed by atoms with Crippen LogP contribution in [0, 0.1) is 18.8 Å². The fourth-order valence-electron chi connectivity index (χ4n) is 3.51. The molecule has 3 rings (SSSR count). The molecule has 0 N–H and O–H groups in total. The summed E-state index contributed by atoms with van der Waals surface area (Å²) < 4.78 is 1.81. The van der Waals surface area contributed by atoms with Crippen LogP contribution in [0.4, 0.5) is 0 Å². The zero-order valence-electron chi connectivity index (χ0n) is 16.5. The van der Waals surface area contributed by atoms with Crippen molar-refractivity contribution < 1.29 is 9.59 Å². The van der Waals surface area contributed by atoms with Crippen molar-refractivity contribution in [2.24, 2.45) is 11.8 Å². The zero-order valence-corrected chi connectivity index (χ0v) is 16.5. The first-order chi connectivity index (χ1) is 12.3. The predicted octanol–water partition coefficient (Wildman–Crippen LogP) is 2.81. The zero-order chi connectivity index (χ0) is 19.0. The van der Waals surface area contributed by atoms with E-state index in [-0.39, 0.29) is 23.7 Å². The number of likely N-dealkylation sites (tertiary alicyclic amines) is 1. The first-order valence-electron chi connectivity index (χ1n) is 9.36. The molecule has 0 unspecified atom stereocenters. The molecular formula is C21H29N3O2. The molecule has 1 aromatic heterocycles. The third kappa shape index (κ3) is 3.54. The third-order valence-electron chi connectivity index (χ3n) is 5.14. The lowest BCUT2D eigenvalue weighted by molar-refractivity contribution is -0.139. The second kappa shape index (κ2) is 7.23. The SMILES string of the molecule is Cc1ccc2c(c1)c(CCN(C)C)cn2C(=O)C1CN(C(=O)C(C)C)C1. The predicted molar refractivity (Wildman–Crippen MR) is 104 cm³/mol. The highest BCUT2D eigenvalue weighted by atomic mass is 16.2. The van der Waals surface area contributed by atoms with Crippen molar-refractivity contribution >= 4 is 22.7 Å². The highest BCUT2D eigenvalue weighted by Gasteiger charge is 2.37. The maximum absolute atomic E-state index is 13.0. The Balaban J connectivity index is 1.84. The first-order valence-corrected chi connectivity index (χ1v) is 9.36. The quantitative estimate of drug-likeness (QED) is 0.828. The second-order valence-electron chi connectivity index (χ2n) is 8.03. The van der Waals surface area contributed by atoms with E-state index >= 15 is 0 Å². The number of amides is 1. The molecule has 0 spiro atoms. The molecule has 0 bridgehead atoms. The van der Waals surface area contributed by atoms with E-state index in [0.29, 0.717) is 13.1 Å². The fourth-order valence-corrected chi connectivity index (χ4v) is 3.51. The van der Waals surface area contributed by atoms with Crippen molar-refractivity contribution in [1.82, 2.24) is 14.4 Å². The van der Waals surface area contributed by atoms with Gasteiger partial charge in [0.05, 0.1) is 11.4 Å². The summed E-state index contributed by atoms with van der Waals surface area (Å²) >= 11 is 0. The Hall–Kier alpha value is -2.14. The van der Waals surface area contributed by atoms with Gasteiger partial charge in [0.1, 0.15) is 0 Å². The maximum atomic E-state index is 13.0. The third-order valence-corrected chi connectivity index (χ3v) is 5.14. The molecule has 1 aliphatic rings. The lowest BCUT2D eigenvalue weighted by Gasteiger charge is -2.39. The van der Waals surface area contributed by atoms with Crippen molar-refractivity contribution in [1.29, 1.82) is 0 Å². The molecule has 0 atom stereocenters. The summed E-state index contributed by atoms with van der Waals surface area (Å²) in [4.78, 5) is 29.0. The molecule has 5 heteroatoms. The number of benzene rings is 1. The minimum Gasteiger partial charge on any atom is -0.341 e. The van der Waals surface area contributed by atoms with Gasteiger partial charge in [-0.25, -0.2) is 0 Å². The summed E-state index contributed by atoms with van der Waals surface area (Å²) in [5.41, 5.74) is 3.38. The van der Waals surface area contributed by atoms with Crippen molar-refractivity contribution in [2.75, 3.05) is 33.7 Å². The molecule has 1 saturated heterocycles. The van der Waals surface area contributed by atoms with Gasteiger partial charge < -0.3 is 9.80 Å². The summed E-state index contributed by atoms with van der Waals surface area (Å²) in [6.07, 6.45) is 2.92. The van der Waals surface area contributed by atoms with Gasteiger partial charge in [-0.1, -0.05) is 25.5 Å². The molecule has 1 amide bonds. The van der Waals surface area contributed by atoms with Gasteiger partial charge in [-0.3, -0.25) is 14.2 Å². The molecule has 2 heterocycles. The van der Waals surface area contributed by atoms with Crippen LogP contribution in [0.25, 0.3) is 10.9 Å². The number of hydrogen-bond donors (Lipinski definition) is 0. The monoisotopic (exact) mass is 355 g/mol. The average Bonchev–Trinajstić information content (AvgIpc) is 2.89. The summed E-state index contributed by atoms with van der Waals surface area (Å²) in [6, 6.07) is 6.26. The second-order valence-corrected chi connectivity index (χ2v) is 8.03. The van der Waals surface area contributed by atoms with Gasteiger partial charge in [0.25, 0.3) is 0 Å². The van der Waals surface area contributed by atoms with E-state index in [1.165, 1.54) is 11.1 Å². The lowest BCUT2D eigenvalue weighted by atomic mass is 9.97. The van der Waals surface area contributed by atoms with E-state index in [2.05, 4.69) is 38.1 Å². The van der Waals surface area contributed by atoms with Gasteiger partial charge in [-0.2, -0.15) is 0 Å². The van der Waals surface area contributed by atoms with Crippen LogP contribution < -0.4 is 0 Å². The standard InChI is InChI=1S/C21H29N3O2/c1-14(2)20(25)23-11-17(12-23)21(26)24-13-16(8-9-22(4)5)18-10-15(3)6-7-19(18)24/h6-7,10,13-14,17H,8-9,11-12H2,1-5H3. The van der Waals surface area contributed by atoms with Crippen LogP contribution in [-0.2, 0) is 11.2 Å². The smallest absolute Gasteiger partial charge is 0.237 e. The Morgan fingerprint density at radius 1 is 1.23 bits per heavy atom. The summed E-state index contributed by atoms with van der Waals surface area (Å²) in [6.45, 7) is 7.90. The number of aromatic nitrogens is 1. The molecule has 5 nitrogen and oxygen atoms in total. The lowest BCUT2D eigenvalue weighted by Crippen LogP contribution is -2.55. The van der Waals surface area contributed by atoms with Crippen LogP contribution >= 0.6 is 0 Å². The van der Waals surface area contributed by atoms with Gasteiger partial charge in [-0.15, -0.1) is 0 Å². The Morgan fingerprint density at radius 3 is 2.54 bits per heavy atom. The number of hydrogen-bond acceptors (Lipinski definition) is 3. The van der Waals surface area contributed by atoms with Crippen molar-refractivity contribution in [3.8, 4) is 0 Å². The van der Waals surface area contributed by atoms with Crippen LogP contribution in [0.15, 0.2) is 24.4 Å². The van der Waals surface area contributed by atoms with Crippen LogP contribution in [0.3, 0.4) is 0 Å². The van der Waals surface area contributed by atoms with Crippen LogP contribution in [0.1, 0.15) is 29.8 Å². The molecule has 140 valence electrons. The summed E-state index contributed by atoms with van der Waals surface area (Å²) in [5, 5.41) is 1.16. The van der Waals surface area contributed by atoms with E-state index in [0.717, 1.165) is 23.9 Å². The number of aryl methyl sites for hydroxylation is 1. The number of carbonyl (C=O) groups is 2. The van der Waals surface area contributed by atoms with E-state index < -0.39 is 0 Å². The highest BCUT2D eigenvalue weighted by Crippen LogP contribution is 2.27. The largest absolute Gasteiger partial charge is 0.341 e. The van der Waals surface area contributed by atoms with Gasteiger partial charge in [0, 0.05) is 37.1 Å². The van der Waals surface area contributed by atoms with E-state index in [1.54, 1.807) is 4.90 Å². The van der Waals surface area contributed by atoms with E-state index in [9.17, 15) is 9.59 Å². The van der Waals surface area contributed by atoms with E-state index in [1.807, 2.05) is 30.7 Å².